The summed E-state index contributed by atoms with van der Waals surface area (Å²) in [4.78, 5) is 52.7. The molecular formula is C46H80O15P2. The van der Waals surface area contributed by atoms with Gasteiger partial charge in [0.1, 0.15) is 12.7 Å². The van der Waals surface area contributed by atoms with E-state index in [0.717, 1.165) is 57.8 Å². The zero-order chi connectivity index (χ0) is 46.9. The minimum absolute atomic E-state index is 0.0136. The van der Waals surface area contributed by atoms with E-state index in [9.17, 15) is 38.9 Å². The molecule has 5 atom stereocenters. The van der Waals surface area contributed by atoms with Crippen molar-refractivity contribution < 1.29 is 71.8 Å². The van der Waals surface area contributed by atoms with E-state index in [4.69, 9.17) is 23.8 Å². The zero-order valence-electron chi connectivity index (χ0n) is 37.9. The Morgan fingerprint density at radius 2 is 1.00 bits per heavy atom. The number of aliphatic hydroxyl groups excluding tert-OH is 3. The van der Waals surface area contributed by atoms with Crippen LogP contribution in [0.2, 0.25) is 0 Å². The third kappa shape index (κ3) is 43.2. The first-order valence-corrected chi connectivity index (χ1v) is 25.8. The molecule has 364 valence electrons. The number of hydrogen-bond donors (Lipinski definition) is 6. The monoisotopic (exact) mass is 934 g/mol. The third-order valence-electron chi connectivity index (χ3n) is 9.27. The van der Waals surface area contributed by atoms with E-state index in [-0.39, 0.29) is 12.8 Å². The number of allylic oxidation sites excluding steroid dienone is 11. The Labute approximate surface area is 377 Å². The van der Waals surface area contributed by atoms with Crippen molar-refractivity contribution in [2.24, 2.45) is 0 Å². The predicted molar refractivity (Wildman–Crippen MR) is 246 cm³/mol. The van der Waals surface area contributed by atoms with E-state index in [0.29, 0.717) is 44.9 Å². The van der Waals surface area contributed by atoms with Crippen LogP contribution in [-0.2, 0) is 41.8 Å². The highest BCUT2D eigenvalue weighted by Gasteiger charge is 2.28. The summed E-state index contributed by atoms with van der Waals surface area (Å²) in [5.41, 5.74) is 0. The first kappa shape index (κ1) is 60.5. The van der Waals surface area contributed by atoms with Crippen molar-refractivity contribution in [1.29, 1.82) is 0 Å². The van der Waals surface area contributed by atoms with Gasteiger partial charge in [0.2, 0.25) is 0 Å². The van der Waals surface area contributed by atoms with Crippen LogP contribution in [0, 0.1) is 0 Å². The maximum atomic E-state index is 12.7. The Kier molecular flexibility index (Phi) is 39.3. The van der Waals surface area contributed by atoms with Crippen molar-refractivity contribution in [2.75, 3.05) is 26.4 Å². The zero-order valence-corrected chi connectivity index (χ0v) is 39.7. The van der Waals surface area contributed by atoms with E-state index in [1.54, 1.807) is 0 Å². The number of carbonyl (C=O) groups excluding carboxylic acids is 2. The van der Waals surface area contributed by atoms with E-state index in [2.05, 4.69) is 65.4 Å². The molecule has 0 rings (SSSR count). The smallest absolute Gasteiger partial charge is 0.462 e. The summed E-state index contributed by atoms with van der Waals surface area (Å²) < 4.78 is 47.6. The summed E-state index contributed by atoms with van der Waals surface area (Å²) >= 11 is 0. The number of phosphoric acid groups is 2. The molecule has 0 amide bonds. The standard InChI is InChI=1S/C46H80O15P2/c1-3-5-7-9-11-12-13-14-15-16-17-18-19-20-21-22-23-27-31-35-45(50)57-39-42(40-60-63(55,56)59-38-41(47)37-58-62(52,53)54)61-46(51)36-32-28-24-26-30-34-44(49)43(48)33-29-25-10-8-6-4-2/h11-12,14-15,17-18,20-21,23,25,27,29,41-44,47-49H,3-10,13,16,19,22,24,26,28,30-40H2,1-2H3,(H,55,56)(H2,52,53,54)/b12-11-,15-14-,18-17-,21-20-,27-23-,29-25-/t41-,42+,43-,44-/m0/s1. The second-order valence-electron chi connectivity index (χ2n) is 15.3. The van der Waals surface area contributed by atoms with Crippen LogP contribution in [0.25, 0.3) is 0 Å². The van der Waals surface area contributed by atoms with Crippen LogP contribution in [0.4, 0.5) is 0 Å². The molecule has 0 bridgehead atoms. The normalized spacial score (nSPS) is 15.6. The summed E-state index contributed by atoms with van der Waals surface area (Å²) in [6.45, 7) is 1.41. The van der Waals surface area contributed by atoms with Crippen molar-refractivity contribution in [3.63, 3.8) is 0 Å². The molecule has 0 aromatic carbocycles. The largest absolute Gasteiger partial charge is 0.472 e. The highest BCUT2D eigenvalue weighted by Crippen LogP contribution is 2.43. The summed E-state index contributed by atoms with van der Waals surface area (Å²) in [5, 5.41) is 30.2. The molecule has 17 heteroatoms. The van der Waals surface area contributed by atoms with Crippen molar-refractivity contribution >= 4 is 27.6 Å². The molecule has 0 spiro atoms. The third-order valence-corrected chi connectivity index (χ3v) is 10.7. The number of esters is 2. The lowest BCUT2D eigenvalue weighted by atomic mass is 10.0. The Morgan fingerprint density at radius 3 is 1.57 bits per heavy atom. The maximum absolute atomic E-state index is 12.7. The molecule has 6 N–H and O–H groups in total. The highest BCUT2D eigenvalue weighted by atomic mass is 31.2. The lowest BCUT2D eigenvalue weighted by Crippen LogP contribution is -2.29. The van der Waals surface area contributed by atoms with Crippen LogP contribution in [0.15, 0.2) is 72.9 Å². The molecule has 0 aliphatic rings. The Balaban J connectivity index is 4.73. The summed E-state index contributed by atoms with van der Waals surface area (Å²) in [6, 6.07) is 0. The van der Waals surface area contributed by atoms with Gasteiger partial charge in [-0.15, -0.1) is 0 Å². The van der Waals surface area contributed by atoms with Crippen molar-refractivity contribution in [3.8, 4) is 0 Å². The second-order valence-corrected chi connectivity index (χ2v) is 18.0. The Hall–Kier alpha value is -2.52. The Morgan fingerprint density at radius 1 is 0.508 bits per heavy atom. The fraction of sp³-hybridized carbons (Fsp3) is 0.696. The molecular weight excluding hydrogens is 854 g/mol. The molecule has 15 nitrogen and oxygen atoms in total. The summed E-state index contributed by atoms with van der Waals surface area (Å²) in [6.07, 6.45) is 37.8. The van der Waals surface area contributed by atoms with Gasteiger partial charge in [-0.05, 0) is 77.0 Å². The molecule has 0 saturated carbocycles. The fourth-order valence-electron chi connectivity index (χ4n) is 5.65. The molecule has 0 fully saturated rings. The van der Waals surface area contributed by atoms with Crippen LogP contribution in [0.1, 0.15) is 155 Å². The number of ether oxygens (including phenoxy) is 2. The van der Waals surface area contributed by atoms with Gasteiger partial charge < -0.3 is 39.5 Å². The quantitative estimate of drug-likeness (QED) is 0.0145. The van der Waals surface area contributed by atoms with Crippen LogP contribution in [0.3, 0.4) is 0 Å². The SMILES string of the molecule is CCCCC/C=C\C/C=C\C/C=C\C/C=C\C/C=C\CCC(=O)OC[C@H](COP(=O)(O)OC[C@@H](O)COP(=O)(O)O)OC(=O)CCCCCCC[C@H](O)[C@@H](O)C/C=C\CCCCC. The van der Waals surface area contributed by atoms with Gasteiger partial charge in [-0.1, -0.05) is 138 Å². The van der Waals surface area contributed by atoms with Crippen molar-refractivity contribution in [2.45, 2.75) is 180 Å². The lowest BCUT2D eigenvalue weighted by molar-refractivity contribution is -0.161. The molecule has 0 saturated heterocycles. The van der Waals surface area contributed by atoms with Crippen LogP contribution < -0.4 is 0 Å². The Bertz CT molecular complexity index is 1420. The van der Waals surface area contributed by atoms with Gasteiger partial charge in [0.25, 0.3) is 0 Å². The second kappa shape index (κ2) is 40.9. The summed E-state index contributed by atoms with van der Waals surface area (Å²) in [7, 11) is -9.76. The molecule has 0 aliphatic carbocycles. The number of hydrogen-bond acceptors (Lipinski definition) is 12. The minimum atomic E-state index is -4.89. The maximum Gasteiger partial charge on any atom is 0.472 e. The van der Waals surface area contributed by atoms with Gasteiger partial charge >= 0.3 is 27.6 Å². The number of rotatable bonds is 42. The predicted octanol–water partition coefficient (Wildman–Crippen LogP) is 9.73. The van der Waals surface area contributed by atoms with E-state index in [1.807, 2.05) is 30.4 Å². The molecule has 0 radical (unpaired) electrons. The van der Waals surface area contributed by atoms with Gasteiger partial charge in [0.15, 0.2) is 6.10 Å². The number of phosphoric ester groups is 2. The average molecular weight is 935 g/mol. The van der Waals surface area contributed by atoms with Gasteiger partial charge in [-0.25, -0.2) is 9.13 Å². The molecule has 0 aromatic heterocycles. The summed E-state index contributed by atoms with van der Waals surface area (Å²) in [5.74, 6) is -1.24. The fourth-order valence-corrected chi connectivity index (χ4v) is 6.80. The number of unbranched alkanes of at least 4 members (excludes halogenated alkanes) is 10. The molecule has 0 aromatic rings. The van der Waals surface area contributed by atoms with E-state index >= 15 is 0 Å². The number of aliphatic hydroxyl groups is 3. The lowest BCUT2D eigenvalue weighted by Gasteiger charge is -2.20. The van der Waals surface area contributed by atoms with E-state index < -0.39 is 78.4 Å². The van der Waals surface area contributed by atoms with Gasteiger partial charge in [-0.2, -0.15) is 0 Å². The topological polar surface area (TPSA) is 236 Å². The molecule has 0 heterocycles. The minimum Gasteiger partial charge on any atom is -0.462 e. The van der Waals surface area contributed by atoms with Gasteiger partial charge in [-0.3, -0.25) is 23.2 Å². The number of carbonyl (C=O) groups is 2. The van der Waals surface area contributed by atoms with Crippen molar-refractivity contribution in [1.82, 2.24) is 0 Å². The van der Waals surface area contributed by atoms with Crippen LogP contribution in [-0.4, -0.2) is 92.8 Å². The first-order valence-electron chi connectivity index (χ1n) is 22.8. The first-order chi connectivity index (χ1) is 30.2. The van der Waals surface area contributed by atoms with Gasteiger partial charge in [0.05, 0.1) is 32.0 Å². The average Bonchev–Trinajstić information content (AvgIpc) is 3.24. The van der Waals surface area contributed by atoms with Crippen LogP contribution >= 0.6 is 15.6 Å². The molecule has 0 aliphatic heterocycles. The van der Waals surface area contributed by atoms with Gasteiger partial charge in [0, 0.05) is 12.8 Å². The van der Waals surface area contributed by atoms with Crippen LogP contribution in [0.5, 0.6) is 0 Å². The molecule has 63 heavy (non-hydrogen) atoms. The molecule has 1 unspecified atom stereocenters. The van der Waals surface area contributed by atoms with Crippen molar-refractivity contribution in [3.05, 3.63) is 72.9 Å². The van der Waals surface area contributed by atoms with E-state index in [1.165, 1.54) is 25.7 Å². The highest BCUT2D eigenvalue weighted by molar-refractivity contribution is 7.47.